The van der Waals surface area contributed by atoms with Crippen LogP contribution in [0.4, 0.5) is 0 Å². The van der Waals surface area contributed by atoms with E-state index in [0.29, 0.717) is 22.1 Å². The van der Waals surface area contributed by atoms with Gasteiger partial charge in [-0.15, -0.1) is 10.2 Å². The van der Waals surface area contributed by atoms with Crippen molar-refractivity contribution < 1.29 is 9.15 Å². The predicted octanol–water partition coefficient (Wildman–Crippen LogP) is 4.54. The molecule has 0 amide bonds. The van der Waals surface area contributed by atoms with Crippen LogP contribution in [0.1, 0.15) is 5.56 Å². The number of thioether (sulfide) groups is 1. The average Bonchev–Trinajstić information content (AvgIpc) is 3.06. The van der Waals surface area contributed by atoms with E-state index in [-0.39, 0.29) is 0 Å². The van der Waals surface area contributed by atoms with Crippen molar-refractivity contribution in [3.05, 3.63) is 69.5 Å². The molecular formula is C20H16ClN3O3S. The Hall–Kier alpha value is -2.77. The van der Waals surface area contributed by atoms with Gasteiger partial charge in [0.05, 0.1) is 7.11 Å². The molecular weight excluding hydrogens is 398 g/mol. The van der Waals surface area contributed by atoms with Crippen LogP contribution in [0.5, 0.6) is 5.75 Å². The monoisotopic (exact) mass is 413 g/mol. The van der Waals surface area contributed by atoms with E-state index in [0.717, 1.165) is 27.5 Å². The molecule has 0 aliphatic heterocycles. The Balaban J connectivity index is 1.62. The second-order valence-electron chi connectivity index (χ2n) is 6.11. The third-order valence-corrected chi connectivity index (χ3v) is 5.65. The van der Waals surface area contributed by atoms with Crippen molar-refractivity contribution in [2.45, 2.75) is 10.9 Å². The number of fused-ring (bicyclic) bond motifs is 1. The van der Waals surface area contributed by atoms with Crippen LogP contribution in [0.2, 0.25) is 5.02 Å². The molecule has 4 rings (SSSR count). The zero-order valence-corrected chi connectivity index (χ0v) is 16.8. The smallest absolute Gasteiger partial charge is 0.336 e. The molecule has 2 aromatic heterocycles. The van der Waals surface area contributed by atoms with E-state index in [1.807, 2.05) is 48.0 Å². The summed E-state index contributed by atoms with van der Waals surface area (Å²) in [6.45, 7) is 0. The van der Waals surface area contributed by atoms with Gasteiger partial charge in [-0.25, -0.2) is 4.79 Å². The Kier molecular flexibility index (Phi) is 5.11. The Morgan fingerprint density at radius 2 is 1.93 bits per heavy atom. The molecule has 0 unspecified atom stereocenters. The molecule has 142 valence electrons. The normalized spacial score (nSPS) is 11.1. The topological polar surface area (TPSA) is 70.2 Å². The van der Waals surface area contributed by atoms with Gasteiger partial charge in [-0.05, 0) is 42.0 Å². The first-order valence-corrected chi connectivity index (χ1v) is 9.80. The van der Waals surface area contributed by atoms with Gasteiger partial charge in [-0.2, -0.15) is 0 Å². The summed E-state index contributed by atoms with van der Waals surface area (Å²) in [6, 6.07) is 14.4. The van der Waals surface area contributed by atoms with Gasteiger partial charge >= 0.3 is 5.63 Å². The van der Waals surface area contributed by atoms with Crippen LogP contribution in [0, 0.1) is 0 Å². The molecule has 4 aromatic rings. The molecule has 0 bridgehead atoms. The molecule has 0 saturated heterocycles. The quantitative estimate of drug-likeness (QED) is 0.353. The summed E-state index contributed by atoms with van der Waals surface area (Å²) in [5.41, 5.74) is 1.91. The largest absolute Gasteiger partial charge is 0.497 e. The summed E-state index contributed by atoms with van der Waals surface area (Å²) in [4.78, 5) is 11.9. The fourth-order valence-corrected chi connectivity index (χ4v) is 3.92. The number of ether oxygens (including phenoxy) is 1. The highest BCUT2D eigenvalue weighted by molar-refractivity contribution is 7.98. The first-order chi connectivity index (χ1) is 13.5. The standard InChI is InChI=1S/C20H16ClN3O3S/c1-24-19(12-3-5-14(21)6-4-12)22-23-20(24)28-11-13-9-18(25)27-17-10-15(26-2)7-8-16(13)17/h3-10H,11H2,1-2H3. The molecule has 0 aliphatic carbocycles. The molecule has 8 heteroatoms. The zero-order valence-electron chi connectivity index (χ0n) is 15.2. The zero-order chi connectivity index (χ0) is 19.7. The van der Waals surface area contributed by atoms with Crippen molar-refractivity contribution in [2.24, 2.45) is 7.05 Å². The summed E-state index contributed by atoms with van der Waals surface area (Å²) in [6.07, 6.45) is 0. The molecule has 0 atom stereocenters. The molecule has 2 aromatic carbocycles. The lowest BCUT2D eigenvalue weighted by atomic mass is 10.1. The van der Waals surface area contributed by atoms with Gasteiger partial charge in [0, 0.05) is 40.9 Å². The van der Waals surface area contributed by atoms with E-state index in [1.165, 1.54) is 17.8 Å². The Morgan fingerprint density at radius 3 is 2.68 bits per heavy atom. The van der Waals surface area contributed by atoms with Gasteiger partial charge in [0.15, 0.2) is 11.0 Å². The maximum Gasteiger partial charge on any atom is 0.336 e. The minimum atomic E-state index is -0.392. The van der Waals surface area contributed by atoms with E-state index in [2.05, 4.69) is 10.2 Å². The van der Waals surface area contributed by atoms with E-state index in [1.54, 1.807) is 13.2 Å². The number of hydrogen-bond acceptors (Lipinski definition) is 6. The number of nitrogens with zero attached hydrogens (tertiary/aromatic N) is 3. The van der Waals surface area contributed by atoms with Crippen molar-refractivity contribution in [3.8, 4) is 17.1 Å². The third kappa shape index (κ3) is 3.63. The molecule has 0 N–H and O–H groups in total. The summed E-state index contributed by atoms with van der Waals surface area (Å²) in [5, 5.41) is 10.9. The fourth-order valence-electron chi connectivity index (χ4n) is 2.89. The molecule has 0 fully saturated rings. The van der Waals surface area contributed by atoms with Gasteiger partial charge < -0.3 is 13.7 Å². The summed E-state index contributed by atoms with van der Waals surface area (Å²) < 4.78 is 12.4. The van der Waals surface area contributed by atoms with Crippen LogP contribution in [-0.4, -0.2) is 21.9 Å². The molecule has 0 aliphatic rings. The molecule has 6 nitrogen and oxygen atoms in total. The van der Waals surface area contributed by atoms with Crippen molar-refractivity contribution in [1.82, 2.24) is 14.8 Å². The first-order valence-electron chi connectivity index (χ1n) is 8.44. The highest BCUT2D eigenvalue weighted by Crippen LogP contribution is 2.29. The maximum atomic E-state index is 11.9. The van der Waals surface area contributed by atoms with Crippen LogP contribution < -0.4 is 10.4 Å². The highest BCUT2D eigenvalue weighted by atomic mass is 35.5. The predicted molar refractivity (Wildman–Crippen MR) is 110 cm³/mol. The lowest BCUT2D eigenvalue weighted by Crippen LogP contribution is -2.01. The van der Waals surface area contributed by atoms with E-state index >= 15 is 0 Å². The van der Waals surface area contributed by atoms with E-state index in [4.69, 9.17) is 20.8 Å². The lowest BCUT2D eigenvalue weighted by Gasteiger charge is -2.07. The second kappa shape index (κ2) is 7.69. The highest BCUT2D eigenvalue weighted by Gasteiger charge is 2.13. The SMILES string of the molecule is COc1ccc2c(CSc3nnc(-c4ccc(Cl)cc4)n3C)cc(=O)oc2c1. The third-order valence-electron chi connectivity index (χ3n) is 4.33. The molecule has 0 spiro atoms. The van der Waals surface area contributed by atoms with Crippen LogP contribution in [0.3, 0.4) is 0 Å². The maximum absolute atomic E-state index is 11.9. The molecule has 0 saturated carbocycles. The average molecular weight is 414 g/mol. The van der Waals surface area contributed by atoms with Crippen molar-refractivity contribution >= 4 is 34.3 Å². The van der Waals surface area contributed by atoms with Crippen LogP contribution in [0.25, 0.3) is 22.4 Å². The summed E-state index contributed by atoms with van der Waals surface area (Å²) >= 11 is 7.46. The number of aromatic nitrogens is 3. The van der Waals surface area contributed by atoms with Crippen LogP contribution in [-0.2, 0) is 12.8 Å². The van der Waals surface area contributed by atoms with Gasteiger partial charge in [0.25, 0.3) is 0 Å². The van der Waals surface area contributed by atoms with Gasteiger partial charge in [-0.3, -0.25) is 0 Å². The van der Waals surface area contributed by atoms with E-state index < -0.39 is 5.63 Å². The number of hydrogen-bond donors (Lipinski definition) is 0. The molecule has 0 radical (unpaired) electrons. The van der Waals surface area contributed by atoms with Crippen LogP contribution >= 0.6 is 23.4 Å². The van der Waals surface area contributed by atoms with Crippen molar-refractivity contribution in [3.63, 3.8) is 0 Å². The number of halogens is 1. The van der Waals surface area contributed by atoms with Gasteiger partial charge in [0.1, 0.15) is 11.3 Å². The minimum Gasteiger partial charge on any atom is -0.497 e. The molecule has 28 heavy (non-hydrogen) atoms. The van der Waals surface area contributed by atoms with Crippen LogP contribution in [0.15, 0.2) is 62.9 Å². The number of benzene rings is 2. The Morgan fingerprint density at radius 1 is 1.14 bits per heavy atom. The number of methoxy groups -OCH3 is 1. The Labute approximate surface area is 170 Å². The molecule has 2 heterocycles. The number of rotatable bonds is 5. The van der Waals surface area contributed by atoms with Crippen molar-refractivity contribution in [1.29, 1.82) is 0 Å². The fraction of sp³-hybridized carbons (Fsp3) is 0.150. The minimum absolute atomic E-state index is 0.392. The van der Waals surface area contributed by atoms with Gasteiger partial charge in [-0.1, -0.05) is 23.4 Å². The first kappa shape index (κ1) is 18.6. The second-order valence-corrected chi connectivity index (χ2v) is 7.49. The summed E-state index contributed by atoms with van der Waals surface area (Å²) in [5.74, 6) is 1.95. The Bertz CT molecular complexity index is 1200. The van der Waals surface area contributed by atoms with Crippen molar-refractivity contribution in [2.75, 3.05) is 7.11 Å². The van der Waals surface area contributed by atoms with Gasteiger partial charge in [0.2, 0.25) is 0 Å². The lowest BCUT2D eigenvalue weighted by molar-refractivity contribution is 0.414. The summed E-state index contributed by atoms with van der Waals surface area (Å²) in [7, 11) is 3.49. The van der Waals surface area contributed by atoms with E-state index in [9.17, 15) is 4.79 Å².